The van der Waals surface area contributed by atoms with Crippen molar-refractivity contribution < 1.29 is 28.5 Å². The summed E-state index contributed by atoms with van der Waals surface area (Å²) in [5.41, 5.74) is 3.94. The van der Waals surface area contributed by atoms with Crippen molar-refractivity contribution in [2.75, 3.05) is 32.4 Å². The third kappa shape index (κ3) is 5.37. The molecule has 9 nitrogen and oxygen atoms in total. The maximum absolute atomic E-state index is 11.9. The van der Waals surface area contributed by atoms with Gasteiger partial charge >= 0.3 is 5.97 Å². The molecule has 0 fully saturated rings. The lowest BCUT2D eigenvalue weighted by molar-refractivity contribution is -0.142. The highest BCUT2D eigenvalue weighted by atomic mass is 16.7. The van der Waals surface area contributed by atoms with Crippen LogP contribution in [0.4, 0.5) is 5.69 Å². The van der Waals surface area contributed by atoms with E-state index in [0.29, 0.717) is 17.2 Å². The van der Waals surface area contributed by atoms with E-state index in [4.69, 9.17) is 14.2 Å². The molecule has 0 atom stereocenters. The molecule has 1 aliphatic heterocycles. The summed E-state index contributed by atoms with van der Waals surface area (Å²) in [6.45, 7) is 0.0972. The van der Waals surface area contributed by atoms with Crippen molar-refractivity contribution in [1.82, 2.24) is 5.43 Å². The van der Waals surface area contributed by atoms with Crippen LogP contribution in [0.2, 0.25) is 0 Å². The molecule has 0 unspecified atom stereocenters. The quantitative estimate of drug-likeness (QED) is 0.403. The van der Waals surface area contributed by atoms with Crippen molar-refractivity contribution >= 4 is 23.8 Å². The van der Waals surface area contributed by atoms with Crippen LogP contribution in [0.25, 0.3) is 0 Å². The summed E-state index contributed by atoms with van der Waals surface area (Å²) in [5.74, 6) is 1.10. The van der Waals surface area contributed by atoms with Gasteiger partial charge in [0, 0.05) is 11.8 Å². The number of fused-ring (bicyclic) bond motifs is 1. The second-order valence-corrected chi connectivity index (χ2v) is 5.65. The molecule has 0 spiro atoms. The first-order valence-corrected chi connectivity index (χ1v) is 8.39. The minimum Gasteiger partial charge on any atom is -0.482 e. The van der Waals surface area contributed by atoms with Gasteiger partial charge in [0.1, 0.15) is 5.75 Å². The number of ether oxygens (including phenoxy) is 4. The Labute approximate surface area is 161 Å². The minimum absolute atomic E-state index is 0.0529. The summed E-state index contributed by atoms with van der Waals surface area (Å²) in [5, 5.41) is 6.89. The number of carbonyl (C=O) groups excluding carboxylic acids is 2. The van der Waals surface area contributed by atoms with E-state index in [9.17, 15) is 9.59 Å². The van der Waals surface area contributed by atoms with E-state index in [1.165, 1.54) is 13.3 Å². The third-order valence-electron chi connectivity index (χ3n) is 3.69. The fraction of sp³-hybridized carbons (Fsp3) is 0.211. The number of hydrogen-bond acceptors (Lipinski definition) is 8. The van der Waals surface area contributed by atoms with Gasteiger partial charge in [0.15, 0.2) is 18.1 Å². The average molecular weight is 385 g/mol. The Hall–Kier alpha value is -3.75. The number of esters is 1. The predicted octanol–water partition coefficient (Wildman–Crippen LogP) is 1.53. The molecule has 0 saturated heterocycles. The molecule has 0 aliphatic carbocycles. The molecule has 0 radical (unpaired) electrons. The molecule has 0 saturated carbocycles. The SMILES string of the molecule is COC(=O)COc1ccc(/C=N/NC(=O)CNc2ccc3c(c2)OCO3)cc1. The Morgan fingerprint density at radius 1 is 1.14 bits per heavy atom. The summed E-state index contributed by atoms with van der Waals surface area (Å²) in [4.78, 5) is 22.9. The molecule has 28 heavy (non-hydrogen) atoms. The normalized spacial score (nSPS) is 11.9. The first kappa shape index (κ1) is 19.0. The van der Waals surface area contributed by atoms with E-state index in [-0.39, 0.29) is 25.9 Å². The molecule has 0 bridgehead atoms. The van der Waals surface area contributed by atoms with Crippen LogP contribution >= 0.6 is 0 Å². The standard InChI is InChI=1S/C19H19N3O6/c1-25-19(24)11-26-15-5-2-13(3-6-15)9-21-22-18(23)10-20-14-4-7-16-17(8-14)28-12-27-16/h2-9,20H,10-12H2,1H3,(H,22,23)/b21-9+. The Kier molecular flexibility index (Phi) is 6.29. The highest BCUT2D eigenvalue weighted by molar-refractivity contribution is 5.84. The molecule has 2 N–H and O–H groups in total. The van der Waals surface area contributed by atoms with Crippen molar-refractivity contribution in [2.45, 2.75) is 0 Å². The van der Waals surface area contributed by atoms with Crippen LogP contribution in [0.3, 0.4) is 0 Å². The number of rotatable bonds is 8. The first-order chi connectivity index (χ1) is 13.6. The summed E-state index contributed by atoms with van der Waals surface area (Å²) in [7, 11) is 1.30. The maximum Gasteiger partial charge on any atom is 0.343 e. The average Bonchev–Trinajstić information content (AvgIpc) is 3.19. The van der Waals surface area contributed by atoms with Crippen LogP contribution in [0.1, 0.15) is 5.56 Å². The third-order valence-corrected chi connectivity index (χ3v) is 3.69. The number of hydrazone groups is 1. The number of carbonyl (C=O) groups is 2. The van der Waals surface area contributed by atoms with Crippen molar-refractivity contribution in [2.24, 2.45) is 5.10 Å². The van der Waals surface area contributed by atoms with Crippen LogP contribution in [-0.2, 0) is 14.3 Å². The van der Waals surface area contributed by atoms with Crippen LogP contribution in [0.15, 0.2) is 47.6 Å². The lowest BCUT2D eigenvalue weighted by Gasteiger charge is -2.06. The van der Waals surface area contributed by atoms with Gasteiger partial charge in [0.05, 0.1) is 19.9 Å². The summed E-state index contributed by atoms with van der Waals surface area (Å²) in [6.07, 6.45) is 1.50. The molecule has 3 rings (SSSR count). The summed E-state index contributed by atoms with van der Waals surface area (Å²) in [6, 6.07) is 12.2. The van der Waals surface area contributed by atoms with Gasteiger partial charge in [-0.15, -0.1) is 0 Å². The van der Waals surface area contributed by atoms with Gasteiger partial charge in [-0.3, -0.25) is 4.79 Å². The van der Waals surface area contributed by atoms with Crippen molar-refractivity contribution in [1.29, 1.82) is 0 Å². The van der Waals surface area contributed by atoms with E-state index in [2.05, 4.69) is 20.6 Å². The van der Waals surface area contributed by atoms with Crippen LogP contribution < -0.4 is 25.0 Å². The molecular weight excluding hydrogens is 366 g/mol. The molecule has 1 amide bonds. The van der Waals surface area contributed by atoms with Crippen LogP contribution in [0, 0.1) is 0 Å². The first-order valence-electron chi connectivity index (χ1n) is 8.39. The largest absolute Gasteiger partial charge is 0.482 e. The number of anilines is 1. The van der Waals surface area contributed by atoms with E-state index in [0.717, 1.165) is 11.3 Å². The van der Waals surface area contributed by atoms with Gasteiger partial charge in [-0.25, -0.2) is 10.2 Å². The lowest BCUT2D eigenvalue weighted by Crippen LogP contribution is -2.25. The molecule has 2 aromatic carbocycles. The Morgan fingerprint density at radius 3 is 2.71 bits per heavy atom. The Morgan fingerprint density at radius 2 is 1.93 bits per heavy atom. The van der Waals surface area contributed by atoms with E-state index in [1.54, 1.807) is 42.5 Å². The van der Waals surface area contributed by atoms with Crippen LogP contribution in [0.5, 0.6) is 17.2 Å². The fourth-order valence-electron chi connectivity index (χ4n) is 2.26. The smallest absolute Gasteiger partial charge is 0.343 e. The zero-order chi connectivity index (χ0) is 19.8. The Balaban J connectivity index is 1.41. The predicted molar refractivity (Wildman–Crippen MR) is 101 cm³/mol. The number of amides is 1. The lowest BCUT2D eigenvalue weighted by atomic mass is 10.2. The van der Waals surface area contributed by atoms with E-state index >= 15 is 0 Å². The number of benzene rings is 2. The van der Waals surface area contributed by atoms with Gasteiger partial charge in [-0.1, -0.05) is 0 Å². The highest BCUT2D eigenvalue weighted by Gasteiger charge is 2.13. The van der Waals surface area contributed by atoms with E-state index in [1.807, 2.05) is 0 Å². The number of nitrogens with one attached hydrogen (secondary N) is 2. The summed E-state index contributed by atoms with van der Waals surface area (Å²) < 4.78 is 20.3. The maximum atomic E-state index is 11.9. The fourth-order valence-corrected chi connectivity index (χ4v) is 2.26. The zero-order valence-corrected chi connectivity index (χ0v) is 15.1. The molecule has 2 aromatic rings. The molecule has 1 heterocycles. The van der Waals surface area contributed by atoms with Gasteiger partial charge in [0.25, 0.3) is 5.91 Å². The molecule has 1 aliphatic rings. The Bertz CT molecular complexity index is 866. The molecule has 146 valence electrons. The number of nitrogens with zero attached hydrogens (tertiary/aromatic N) is 1. The van der Waals surface area contributed by atoms with Gasteiger partial charge in [-0.05, 0) is 42.0 Å². The van der Waals surface area contributed by atoms with Gasteiger partial charge in [0.2, 0.25) is 6.79 Å². The zero-order valence-electron chi connectivity index (χ0n) is 15.1. The van der Waals surface area contributed by atoms with Gasteiger partial charge < -0.3 is 24.3 Å². The van der Waals surface area contributed by atoms with Crippen molar-refractivity contribution in [3.63, 3.8) is 0 Å². The number of methoxy groups -OCH3 is 1. The minimum atomic E-state index is -0.456. The van der Waals surface area contributed by atoms with Crippen LogP contribution in [-0.4, -0.2) is 45.1 Å². The molecular formula is C19H19N3O6. The topological polar surface area (TPSA) is 107 Å². The summed E-state index contributed by atoms with van der Waals surface area (Å²) >= 11 is 0. The second kappa shape index (κ2) is 9.26. The molecule has 9 heteroatoms. The second-order valence-electron chi connectivity index (χ2n) is 5.65. The van der Waals surface area contributed by atoms with E-state index < -0.39 is 5.97 Å². The monoisotopic (exact) mass is 385 g/mol. The van der Waals surface area contributed by atoms with Crippen molar-refractivity contribution in [3.05, 3.63) is 48.0 Å². The highest BCUT2D eigenvalue weighted by Crippen LogP contribution is 2.34. The van der Waals surface area contributed by atoms with Gasteiger partial charge in [-0.2, -0.15) is 5.10 Å². The van der Waals surface area contributed by atoms with Crippen molar-refractivity contribution in [3.8, 4) is 17.2 Å². The number of hydrogen-bond donors (Lipinski definition) is 2. The molecule has 0 aromatic heterocycles.